The van der Waals surface area contributed by atoms with Crippen LogP contribution in [0, 0.1) is 5.92 Å². The first kappa shape index (κ1) is 22.2. The Balaban J connectivity index is 0.00000156. The first-order chi connectivity index (χ1) is 11.2. The largest absolute Gasteiger partial charge is 0.352 e. The van der Waals surface area contributed by atoms with Crippen LogP contribution in [0.3, 0.4) is 0 Å². The number of amides is 1. The van der Waals surface area contributed by atoms with Crippen LogP contribution in [0.1, 0.15) is 43.7 Å². The Labute approximate surface area is 163 Å². The van der Waals surface area contributed by atoms with E-state index < -0.39 is 0 Å². The molecule has 1 aromatic carbocycles. The first-order valence-corrected chi connectivity index (χ1v) is 9.00. The van der Waals surface area contributed by atoms with Crippen LogP contribution in [0.4, 0.5) is 0 Å². The summed E-state index contributed by atoms with van der Waals surface area (Å²) in [6, 6.07) is 8.74. The van der Waals surface area contributed by atoms with Crippen molar-refractivity contribution >= 4 is 30.7 Å². The number of carbonyl (C=O) groups excluding carboxylic acids is 1. The zero-order valence-electron chi connectivity index (χ0n) is 14.9. The van der Waals surface area contributed by atoms with Crippen molar-refractivity contribution in [2.75, 3.05) is 13.1 Å². The zero-order valence-corrected chi connectivity index (χ0v) is 16.6. The van der Waals surface area contributed by atoms with Crippen LogP contribution in [-0.4, -0.2) is 36.0 Å². The Morgan fingerprint density at radius 1 is 1.24 bits per heavy atom. The molecular weight excluding hydrogens is 357 g/mol. The predicted molar refractivity (Wildman–Crippen MR) is 107 cm³/mol. The third-order valence-corrected chi connectivity index (χ3v) is 5.63. The molecule has 1 fully saturated rings. The highest BCUT2D eigenvalue weighted by molar-refractivity contribution is 5.85. The lowest BCUT2D eigenvalue weighted by molar-refractivity contribution is -0.127. The van der Waals surface area contributed by atoms with Crippen LogP contribution in [0.25, 0.3) is 0 Å². The number of hydrogen-bond acceptors (Lipinski definition) is 3. The molecule has 3 N–H and O–H groups in total. The van der Waals surface area contributed by atoms with E-state index in [4.69, 9.17) is 5.73 Å². The molecule has 2 aliphatic rings. The summed E-state index contributed by atoms with van der Waals surface area (Å²) in [6.07, 6.45) is 5.69. The van der Waals surface area contributed by atoms with E-state index in [0.717, 1.165) is 32.4 Å². The first-order valence-electron chi connectivity index (χ1n) is 9.00. The summed E-state index contributed by atoms with van der Waals surface area (Å²) >= 11 is 0. The average Bonchev–Trinajstić information content (AvgIpc) is 2.61. The van der Waals surface area contributed by atoms with Crippen molar-refractivity contribution in [1.29, 1.82) is 0 Å². The third-order valence-electron chi connectivity index (χ3n) is 5.63. The van der Waals surface area contributed by atoms with E-state index in [-0.39, 0.29) is 42.8 Å². The van der Waals surface area contributed by atoms with Gasteiger partial charge in [0, 0.05) is 19.1 Å². The second-order valence-corrected chi connectivity index (χ2v) is 7.06. The van der Waals surface area contributed by atoms with Gasteiger partial charge < -0.3 is 11.1 Å². The van der Waals surface area contributed by atoms with Crippen molar-refractivity contribution in [1.82, 2.24) is 10.2 Å². The van der Waals surface area contributed by atoms with Crippen LogP contribution in [0.5, 0.6) is 0 Å². The Morgan fingerprint density at radius 3 is 2.64 bits per heavy atom. The van der Waals surface area contributed by atoms with Crippen LogP contribution in [-0.2, 0) is 17.8 Å². The van der Waals surface area contributed by atoms with Crippen LogP contribution in [0.2, 0.25) is 0 Å². The van der Waals surface area contributed by atoms with Gasteiger partial charge in [0.05, 0.1) is 6.04 Å². The van der Waals surface area contributed by atoms with Gasteiger partial charge in [-0.2, -0.15) is 0 Å². The minimum atomic E-state index is -0.0799. The van der Waals surface area contributed by atoms with Gasteiger partial charge in [0.2, 0.25) is 5.91 Å². The minimum absolute atomic E-state index is 0. The van der Waals surface area contributed by atoms with E-state index in [0.29, 0.717) is 12.5 Å². The summed E-state index contributed by atoms with van der Waals surface area (Å²) in [5.41, 5.74) is 8.66. The predicted octanol–water partition coefficient (Wildman–Crippen LogP) is 2.91. The molecule has 4 nitrogen and oxygen atoms in total. The van der Waals surface area contributed by atoms with Crippen molar-refractivity contribution in [2.24, 2.45) is 11.7 Å². The number of rotatable bonds is 4. The molecule has 0 saturated heterocycles. The third kappa shape index (κ3) is 5.33. The molecule has 142 valence electrons. The summed E-state index contributed by atoms with van der Waals surface area (Å²) in [4.78, 5) is 15.0. The molecular formula is C19H31Cl2N3O. The zero-order chi connectivity index (χ0) is 16.2. The minimum Gasteiger partial charge on any atom is -0.352 e. The summed E-state index contributed by atoms with van der Waals surface area (Å²) in [5, 5.41) is 3.28. The van der Waals surface area contributed by atoms with Crippen LogP contribution < -0.4 is 11.1 Å². The van der Waals surface area contributed by atoms with Crippen LogP contribution >= 0.6 is 24.8 Å². The number of nitrogens with zero attached hydrogens (tertiary/aromatic N) is 1. The van der Waals surface area contributed by atoms with Gasteiger partial charge in [-0.1, -0.05) is 37.1 Å². The molecule has 25 heavy (non-hydrogen) atoms. The Hall–Kier alpha value is -0.810. The molecule has 3 rings (SSSR count). The fraction of sp³-hybridized carbons (Fsp3) is 0.632. The molecule has 0 bridgehead atoms. The SMILES string of the molecule is CC(C(=O)NC1CCCCC1CN)N1CCc2ccccc2C1.Cl.Cl. The molecule has 3 unspecified atom stereocenters. The molecule has 0 radical (unpaired) electrons. The van der Waals surface area contributed by atoms with Crippen molar-refractivity contribution < 1.29 is 4.79 Å². The lowest BCUT2D eigenvalue weighted by atomic mass is 9.84. The van der Waals surface area contributed by atoms with E-state index in [1.807, 2.05) is 6.92 Å². The van der Waals surface area contributed by atoms with E-state index in [9.17, 15) is 4.79 Å². The topological polar surface area (TPSA) is 58.4 Å². The Kier molecular flexibility index (Phi) is 9.22. The van der Waals surface area contributed by atoms with Gasteiger partial charge in [-0.15, -0.1) is 24.8 Å². The Bertz CT molecular complexity index is 555. The van der Waals surface area contributed by atoms with Gasteiger partial charge in [0.15, 0.2) is 0 Å². The molecule has 1 amide bonds. The smallest absolute Gasteiger partial charge is 0.237 e. The fourth-order valence-corrected chi connectivity index (χ4v) is 4.00. The maximum atomic E-state index is 12.7. The number of halogens is 2. The van der Waals surface area contributed by atoms with Gasteiger partial charge in [-0.25, -0.2) is 0 Å². The van der Waals surface area contributed by atoms with E-state index in [1.54, 1.807) is 0 Å². The number of hydrogen-bond donors (Lipinski definition) is 2. The molecule has 1 aromatic rings. The van der Waals surface area contributed by atoms with Crippen molar-refractivity contribution in [3.05, 3.63) is 35.4 Å². The molecule has 1 saturated carbocycles. The number of benzene rings is 1. The molecule has 1 aliphatic heterocycles. The highest BCUT2D eigenvalue weighted by Crippen LogP contribution is 2.24. The molecule has 1 heterocycles. The lowest BCUT2D eigenvalue weighted by Gasteiger charge is -2.36. The number of nitrogens with one attached hydrogen (secondary N) is 1. The second kappa shape index (κ2) is 10.4. The standard InChI is InChI=1S/C19H29N3O.2ClH/c1-14(19(23)21-18-9-5-4-7-16(18)12-20)22-11-10-15-6-2-3-8-17(15)13-22;;/h2-3,6,8,14,16,18H,4-5,7,9-13,20H2,1H3,(H,21,23);2*1H. The lowest BCUT2D eigenvalue weighted by Crippen LogP contribution is -2.52. The van der Waals surface area contributed by atoms with Gasteiger partial charge in [0.25, 0.3) is 0 Å². The average molecular weight is 388 g/mol. The van der Waals surface area contributed by atoms with Gasteiger partial charge in [0.1, 0.15) is 0 Å². The maximum absolute atomic E-state index is 12.7. The van der Waals surface area contributed by atoms with Crippen molar-refractivity contribution in [3.63, 3.8) is 0 Å². The maximum Gasteiger partial charge on any atom is 0.237 e. The molecule has 6 heteroatoms. The highest BCUT2D eigenvalue weighted by Gasteiger charge is 2.30. The van der Waals surface area contributed by atoms with Gasteiger partial charge in [-0.3, -0.25) is 9.69 Å². The summed E-state index contributed by atoms with van der Waals surface area (Å²) in [6.45, 7) is 4.53. The number of carbonyl (C=O) groups is 1. The molecule has 0 spiro atoms. The van der Waals surface area contributed by atoms with E-state index >= 15 is 0 Å². The van der Waals surface area contributed by atoms with Crippen molar-refractivity contribution in [2.45, 2.75) is 57.7 Å². The molecule has 0 aromatic heterocycles. The normalized spacial score (nSPS) is 24.2. The summed E-state index contributed by atoms with van der Waals surface area (Å²) < 4.78 is 0. The molecule has 3 atom stereocenters. The summed E-state index contributed by atoms with van der Waals surface area (Å²) in [7, 11) is 0. The quantitative estimate of drug-likeness (QED) is 0.834. The summed E-state index contributed by atoms with van der Waals surface area (Å²) in [5.74, 6) is 0.608. The molecule has 1 aliphatic carbocycles. The van der Waals surface area contributed by atoms with Crippen LogP contribution in [0.15, 0.2) is 24.3 Å². The Morgan fingerprint density at radius 2 is 1.92 bits per heavy atom. The number of fused-ring (bicyclic) bond motifs is 1. The van der Waals surface area contributed by atoms with E-state index in [2.05, 4.69) is 34.5 Å². The highest BCUT2D eigenvalue weighted by atomic mass is 35.5. The van der Waals surface area contributed by atoms with E-state index in [1.165, 1.54) is 24.0 Å². The van der Waals surface area contributed by atoms with Gasteiger partial charge in [-0.05, 0) is 49.8 Å². The van der Waals surface area contributed by atoms with Gasteiger partial charge >= 0.3 is 0 Å². The number of nitrogens with two attached hydrogens (primary N) is 1. The fourth-order valence-electron chi connectivity index (χ4n) is 4.00. The monoisotopic (exact) mass is 387 g/mol. The van der Waals surface area contributed by atoms with Crippen molar-refractivity contribution in [3.8, 4) is 0 Å². The second-order valence-electron chi connectivity index (χ2n) is 7.06.